The Morgan fingerprint density at radius 3 is 2.69 bits per heavy atom. The summed E-state index contributed by atoms with van der Waals surface area (Å²) in [5.74, 6) is 0. The molecule has 78 valence electrons. The quantitative estimate of drug-likeness (QED) is 0.645. The van der Waals surface area contributed by atoms with Crippen molar-refractivity contribution in [1.82, 2.24) is 20.0 Å². The van der Waals surface area contributed by atoms with Crippen LogP contribution in [0.3, 0.4) is 0 Å². The molecule has 0 aliphatic rings. The molecule has 0 aliphatic heterocycles. The highest BCUT2D eigenvalue weighted by atomic mass is 35.5. The fourth-order valence-corrected chi connectivity index (χ4v) is 1.75. The Balaban J connectivity index is 2.30. The van der Waals surface area contributed by atoms with Crippen LogP contribution in [0.2, 0.25) is 5.02 Å². The van der Waals surface area contributed by atoms with Crippen LogP contribution in [0.15, 0.2) is 42.7 Å². The van der Waals surface area contributed by atoms with Gasteiger partial charge in [-0.15, -0.1) is 5.10 Å². The molecule has 0 unspecified atom stereocenters. The first-order valence-corrected chi connectivity index (χ1v) is 5.14. The molecule has 4 nitrogen and oxygen atoms in total. The molecule has 0 bridgehead atoms. The average Bonchev–Trinajstić information content (AvgIpc) is 2.75. The average molecular weight is 231 g/mol. The molecule has 0 amide bonds. The van der Waals surface area contributed by atoms with Gasteiger partial charge in [-0.2, -0.15) is 10.2 Å². The van der Waals surface area contributed by atoms with Crippen molar-refractivity contribution in [2.75, 3.05) is 0 Å². The van der Waals surface area contributed by atoms with Gasteiger partial charge in [0.2, 0.25) is 0 Å². The molecule has 3 aromatic rings. The van der Waals surface area contributed by atoms with Crippen molar-refractivity contribution in [3.05, 3.63) is 47.7 Å². The zero-order valence-corrected chi connectivity index (χ0v) is 8.96. The summed E-state index contributed by atoms with van der Waals surface area (Å²) in [7, 11) is 0. The van der Waals surface area contributed by atoms with Gasteiger partial charge in [-0.3, -0.25) is 0 Å². The van der Waals surface area contributed by atoms with Crippen molar-refractivity contribution in [2.24, 2.45) is 0 Å². The molecule has 0 fully saturated rings. The molecule has 0 aliphatic carbocycles. The van der Waals surface area contributed by atoms with Crippen molar-refractivity contribution in [2.45, 2.75) is 0 Å². The topological polar surface area (TPSA) is 43.6 Å². The molecule has 3 rings (SSSR count). The van der Waals surface area contributed by atoms with Crippen LogP contribution in [0.1, 0.15) is 0 Å². The smallest absolute Gasteiger partial charge is 0.186 e. The van der Waals surface area contributed by atoms with E-state index in [2.05, 4.69) is 15.3 Å². The normalized spacial score (nSPS) is 10.8. The maximum absolute atomic E-state index is 6.00. The predicted molar refractivity (Wildman–Crippen MR) is 61.7 cm³/mol. The van der Waals surface area contributed by atoms with E-state index in [1.807, 2.05) is 30.3 Å². The highest BCUT2D eigenvalue weighted by Crippen LogP contribution is 2.21. The van der Waals surface area contributed by atoms with E-state index in [1.165, 1.54) is 6.20 Å². The van der Waals surface area contributed by atoms with Crippen LogP contribution in [0, 0.1) is 0 Å². The van der Waals surface area contributed by atoms with Gasteiger partial charge in [0, 0.05) is 0 Å². The Hall–Kier alpha value is -1.94. The molecular formula is C11H7ClN4. The Morgan fingerprint density at radius 1 is 1.06 bits per heavy atom. The van der Waals surface area contributed by atoms with E-state index in [0.29, 0.717) is 10.7 Å². The second-order valence-electron chi connectivity index (χ2n) is 3.32. The zero-order chi connectivity index (χ0) is 11.0. The lowest BCUT2D eigenvalue weighted by Crippen LogP contribution is -1.97. The highest BCUT2D eigenvalue weighted by Gasteiger charge is 2.08. The summed E-state index contributed by atoms with van der Waals surface area (Å²) >= 11 is 6.00. The number of halogens is 1. The fraction of sp³-hybridized carbons (Fsp3) is 0. The zero-order valence-electron chi connectivity index (χ0n) is 8.21. The van der Waals surface area contributed by atoms with Crippen LogP contribution in [-0.2, 0) is 0 Å². The summed E-state index contributed by atoms with van der Waals surface area (Å²) in [5, 5.41) is 13.5. The van der Waals surface area contributed by atoms with E-state index in [4.69, 9.17) is 11.6 Å². The summed E-state index contributed by atoms with van der Waals surface area (Å²) in [5.41, 5.74) is 1.60. The van der Waals surface area contributed by atoms with Gasteiger partial charge in [0.1, 0.15) is 0 Å². The van der Waals surface area contributed by atoms with Crippen LogP contribution in [0.5, 0.6) is 0 Å². The number of aromatic nitrogens is 4. The van der Waals surface area contributed by atoms with Crippen LogP contribution in [-0.4, -0.2) is 20.0 Å². The Morgan fingerprint density at radius 2 is 1.88 bits per heavy atom. The molecule has 0 radical (unpaired) electrons. The van der Waals surface area contributed by atoms with E-state index in [9.17, 15) is 0 Å². The molecular weight excluding hydrogens is 224 g/mol. The van der Waals surface area contributed by atoms with Gasteiger partial charge in [-0.05, 0) is 12.1 Å². The van der Waals surface area contributed by atoms with Crippen LogP contribution in [0.4, 0.5) is 0 Å². The second kappa shape index (κ2) is 3.57. The van der Waals surface area contributed by atoms with Crippen LogP contribution in [0.25, 0.3) is 16.7 Å². The number of fused-ring (bicyclic) bond motifs is 1. The van der Waals surface area contributed by atoms with Gasteiger partial charge in [-0.1, -0.05) is 29.8 Å². The van der Waals surface area contributed by atoms with Gasteiger partial charge < -0.3 is 0 Å². The summed E-state index contributed by atoms with van der Waals surface area (Å²) in [4.78, 5) is 0. The first kappa shape index (κ1) is 9.30. The molecule has 1 aromatic carbocycles. The van der Waals surface area contributed by atoms with Crippen molar-refractivity contribution in [1.29, 1.82) is 0 Å². The maximum atomic E-state index is 6.00. The number of benzene rings is 1. The summed E-state index contributed by atoms with van der Waals surface area (Å²) in [6, 6.07) is 9.75. The van der Waals surface area contributed by atoms with Gasteiger partial charge in [0.05, 0.1) is 28.5 Å². The Kier molecular flexibility index (Phi) is 2.08. The van der Waals surface area contributed by atoms with Gasteiger partial charge in [-0.25, -0.2) is 4.68 Å². The first-order chi connectivity index (χ1) is 7.86. The van der Waals surface area contributed by atoms with Crippen molar-refractivity contribution >= 4 is 22.6 Å². The molecule has 2 aromatic heterocycles. The number of para-hydroxylation sites is 1. The molecule has 0 saturated carbocycles. The monoisotopic (exact) mass is 230 g/mol. The van der Waals surface area contributed by atoms with E-state index >= 15 is 0 Å². The van der Waals surface area contributed by atoms with E-state index < -0.39 is 0 Å². The summed E-state index contributed by atoms with van der Waals surface area (Å²) < 4.78 is 1.72. The van der Waals surface area contributed by atoms with Gasteiger partial charge >= 0.3 is 0 Å². The number of hydrogen-bond donors (Lipinski definition) is 0. The minimum absolute atomic E-state index is 0.562. The minimum atomic E-state index is 0.562. The van der Waals surface area contributed by atoms with Crippen molar-refractivity contribution < 1.29 is 0 Å². The molecule has 0 spiro atoms. The molecule has 16 heavy (non-hydrogen) atoms. The second-order valence-corrected chi connectivity index (χ2v) is 3.73. The third-order valence-electron chi connectivity index (χ3n) is 2.33. The molecule has 0 N–H and O–H groups in total. The van der Waals surface area contributed by atoms with Crippen molar-refractivity contribution in [3.8, 4) is 5.69 Å². The minimum Gasteiger partial charge on any atom is -0.213 e. The SMILES string of the molecule is Clc1cnnc2c1cnn2-c1ccccc1. The van der Waals surface area contributed by atoms with Crippen LogP contribution >= 0.6 is 11.6 Å². The molecule has 0 atom stereocenters. The van der Waals surface area contributed by atoms with E-state index in [1.54, 1.807) is 10.9 Å². The fourth-order valence-electron chi connectivity index (χ4n) is 1.57. The third kappa shape index (κ3) is 1.35. The molecule has 0 saturated heterocycles. The largest absolute Gasteiger partial charge is 0.213 e. The molecule has 2 heterocycles. The summed E-state index contributed by atoms with van der Waals surface area (Å²) in [6.45, 7) is 0. The lowest BCUT2D eigenvalue weighted by Gasteiger charge is -2.01. The lowest BCUT2D eigenvalue weighted by atomic mass is 10.3. The number of nitrogens with zero attached hydrogens (tertiary/aromatic N) is 4. The van der Waals surface area contributed by atoms with Crippen molar-refractivity contribution in [3.63, 3.8) is 0 Å². The summed E-state index contributed by atoms with van der Waals surface area (Å²) in [6.07, 6.45) is 3.21. The Bertz CT molecular complexity index is 633. The number of rotatable bonds is 1. The van der Waals surface area contributed by atoms with Crippen LogP contribution < -0.4 is 0 Å². The highest BCUT2D eigenvalue weighted by molar-refractivity contribution is 6.34. The maximum Gasteiger partial charge on any atom is 0.186 e. The number of hydrogen-bond acceptors (Lipinski definition) is 3. The lowest BCUT2D eigenvalue weighted by molar-refractivity contribution is 0.880. The van der Waals surface area contributed by atoms with E-state index in [-0.39, 0.29) is 0 Å². The van der Waals surface area contributed by atoms with Gasteiger partial charge in [0.25, 0.3) is 0 Å². The first-order valence-electron chi connectivity index (χ1n) is 4.76. The third-order valence-corrected chi connectivity index (χ3v) is 2.63. The van der Waals surface area contributed by atoms with Gasteiger partial charge in [0.15, 0.2) is 5.65 Å². The predicted octanol–water partition coefficient (Wildman–Crippen LogP) is 2.47. The Labute approximate surface area is 96.5 Å². The standard InChI is InChI=1S/C11H7ClN4/c12-10-7-13-15-11-9(10)6-14-16(11)8-4-2-1-3-5-8/h1-7H. The van der Waals surface area contributed by atoms with E-state index in [0.717, 1.165) is 11.1 Å². The molecule has 5 heteroatoms.